The Kier molecular flexibility index (Phi) is 8.59. The zero-order chi connectivity index (χ0) is 13.2. The highest BCUT2D eigenvalue weighted by Crippen LogP contribution is 2.25. The second-order valence-electron chi connectivity index (χ2n) is 4.83. The van der Waals surface area contributed by atoms with Crippen LogP contribution in [0.4, 0.5) is 0 Å². The van der Waals surface area contributed by atoms with E-state index in [4.69, 9.17) is 14.6 Å². The number of hydrogen-bond donors (Lipinski definition) is 1. The van der Waals surface area contributed by atoms with Crippen LogP contribution in [-0.4, -0.2) is 55.2 Å². The van der Waals surface area contributed by atoms with E-state index in [-0.39, 0.29) is 12.9 Å². The molecule has 0 radical (unpaired) electrons. The van der Waals surface area contributed by atoms with Crippen molar-refractivity contribution < 1.29 is 14.6 Å². The van der Waals surface area contributed by atoms with Crippen LogP contribution in [0.2, 0.25) is 0 Å². The van der Waals surface area contributed by atoms with Crippen LogP contribution in [0, 0.1) is 0 Å². The molecule has 1 saturated carbocycles. The molecule has 4 nitrogen and oxygen atoms in total. The van der Waals surface area contributed by atoms with Crippen molar-refractivity contribution in [3.8, 4) is 0 Å². The van der Waals surface area contributed by atoms with E-state index in [1.807, 2.05) is 13.8 Å². The first-order valence-electron chi connectivity index (χ1n) is 7.39. The molecule has 0 heterocycles. The summed E-state index contributed by atoms with van der Waals surface area (Å²) in [6, 6.07) is 0.723. The van der Waals surface area contributed by atoms with E-state index >= 15 is 0 Å². The second kappa shape index (κ2) is 9.73. The summed E-state index contributed by atoms with van der Waals surface area (Å²) < 4.78 is 11.1. The van der Waals surface area contributed by atoms with Crippen molar-refractivity contribution in [3.63, 3.8) is 0 Å². The summed E-state index contributed by atoms with van der Waals surface area (Å²) in [4.78, 5) is 2.49. The maximum atomic E-state index is 8.96. The summed E-state index contributed by atoms with van der Waals surface area (Å²) in [6.45, 7) is 7.68. The van der Waals surface area contributed by atoms with Gasteiger partial charge in [0.05, 0.1) is 0 Å². The second-order valence-corrected chi connectivity index (χ2v) is 4.83. The molecule has 0 aromatic carbocycles. The smallest absolute Gasteiger partial charge is 0.158 e. The van der Waals surface area contributed by atoms with E-state index in [1.54, 1.807) is 0 Å². The van der Waals surface area contributed by atoms with Crippen molar-refractivity contribution in [1.29, 1.82) is 0 Å². The van der Waals surface area contributed by atoms with Gasteiger partial charge in [0.15, 0.2) is 6.29 Å². The Labute approximate surface area is 111 Å². The molecule has 18 heavy (non-hydrogen) atoms. The minimum Gasteiger partial charge on any atom is -0.396 e. The number of aliphatic hydroxyl groups is 1. The Morgan fingerprint density at radius 2 is 1.83 bits per heavy atom. The van der Waals surface area contributed by atoms with Crippen LogP contribution < -0.4 is 0 Å². The molecule has 1 fully saturated rings. The van der Waals surface area contributed by atoms with E-state index in [2.05, 4.69) is 4.90 Å². The minimum absolute atomic E-state index is 0.0725. The van der Waals surface area contributed by atoms with Gasteiger partial charge in [-0.05, 0) is 33.1 Å². The largest absolute Gasteiger partial charge is 0.396 e. The molecule has 0 bridgehead atoms. The zero-order valence-corrected chi connectivity index (χ0v) is 11.9. The highest BCUT2D eigenvalue weighted by atomic mass is 16.7. The van der Waals surface area contributed by atoms with Crippen molar-refractivity contribution in [1.82, 2.24) is 4.90 Å². The van der Waals surface area contributed by atoms with Gasteiger partial charge in [-0.3, -0.25) is 0 Å². The summed E-state index contributed by atoms with van der Waals surface area (Å²) >= 11 is 0. The van der Waals surface area contributed by atoms with Gasteiger partial charge >= 0.3 is 0 Å². The fraction of sp³-hybridized carbons (Fsp3) is 1.00. The van der Waals surface area contributed by atoms with Gasteiger partial charge in [-0.25, -0.2) is 0 Å². The Hall–Kier alpha value is -0.160. The Balaban J connectivity index is 2.28. The van der Waals surface area contributed by atoms with Gasteiger partial charge in [0.2, 0.25) is 0 Å². The summed E-state index contributed by atoms with van der Waals surface area (Å²) in [7, 11) is 0. The topological polar surface area (TPSA) is 41.9 Å². The van der Waals surface area contributed by atoms with Gasteiger partial charge in [-0.1, -0.05) is 6.42 Å². The number of nitrogens with zero attached hydrogens (tertiary/aromatic N) is 1. The Morgan fingerprint density at radius 3 is 2.28 bits per heavy atom. The molecule has 4 heteroatoms. The Bertz CT molecular complexity index is 191. The van der Waals surface area contributed by atoms with Crippen LogP contribution in [0.3, 0.4) is 0 Å². The minimum atomic E-state index is -0.0725. The molecule has 108 valence electrons. The fourth-order valence-corrected chi connectivity index (χ4v) is 2.36. The summed E-state index contributed by atoms with van der Waals surface area (Å²) in [5.74, 6) is 0. The molecular weight excluding hydrogens is 230 g/mol. The van der Waals surface area contributed by atoms with Crippen molar-refractivity contribution in [2.45, 2.75) is 58.3 Å². The molecule has 1 rings (SSSR count). The van der Waals surface area contributed by atoms with E-state index in [1.165, 1.54) is 19.3 Å². The third-order valence-corrected chi connectivity index (χ3v) is 3.55. The van der Waals surface area contributed by atoms with Gasteiger partial charge < -0.3 is 19.5 Å². The van der Waals surface area contributed by atoms with Gasteiger partial charge in [-0.15, -0.1) is 0 Å². The van der Waals surface area contributed by atoms with Crippen LogP contribution in [0.5, 0.6) is 0 Å². The summed E-state index contributed by atoms with van der Waals surface area (Å²) in [5, 5.41) is 8.96. The predicted molar refractivity (Wildman–Crippen MR) is 72.6 cm³/mol. The predicted octanol–water partition coefficient (Wildman–Crippen LogP) is 2.01. The molecule has 1 N–H and O–H groups in total. The van der Waals surface area contributed by atoms with Crippen LogP contribution in [0.15, 0.2) is 0 Å². The summed E-state index contributed by atoms with van der Waals surface area (Å²) in [5.41, 5.74) is 0. The number of hydrogen-bond acceptors (Lipinski definition) is 4. The monoisotopic (exact) mass is 259 g/mol. The highest BCUT2D eigenvalue weighted by molar-refractivity contribution is 4.80. The first-order chi connectivity index (χ1) is 8.81. The molecule has 0 spiro atoms. The van der Waals surface area contributed by atoms with Crippen LogP contribution in [0.25, 0.3) is 0 Å². The van der Waals surface area contributed by atoms with Gasteiger partial charge in [0.25, 0.3) is 0 Å². The van der Waals surface area contributed by atoms with E-state index < -0.39 is 0 Å². The number of aliphatic hydroxyl groups excluding tert-OH is 1. The molecule has 1 aliphatic carbocycles. The quantitative estimate of drug-likeness (QED) is 0.576. The lowest BCUT2D eigenvalue weighted by Gasteiger charge is -2.38. The number of rotatable bonds is 11. The van der Waals surface area contributed by atoms with Crippen molar-refractivity contribution in [2.24, 2.45) is 0 Å². The van der Waals surface area contributed by atoms with Crippen LogP contribution in [0.1, 0.15) is 46.0 Å². The first-order valence-corrected chi connectivity index (χ1v) is 7.39. The van der Waals surface area contributed by atoms with Crippen molar-refractivity contribution in [2.75, 3.05) is 32.9 Å². The normalized spacial score (nSPS) is 16.5. The lowest BCUT2D eigenvalue weighted by Crippen LogP contribution is -2.42. The standard InChI is InChI=1S/C14H29NO3/c1-3-17-14(18-4-2)9-11-15(10-6-12-16)13-7-5-8-13/h13-14,16H,3-12H2,1-2H3. The fourth-order valence-electron chi connectivity index (χ4n) is 2.36. The zero-order valence-electron chi connectivity index (χ0n) is 11.9. The van der Waals surface area contributed by atoms with Gasteiger partial charge in [0, 0.05) is 45.4 Å². The molecule has 0 aliphatic heterocycles. The lowest BCUT2D eigenvalue weighted by molar-refractivity contribution is -0.143. The average molecular weight is 259 g/mol. The molecular formula is C14H29NO3. The van der Waals surface area contributed by atoms with Gasteiger partial charge in [0.1, 0.15) is 0 Å². The molecule has 0 unspecified atom stereocenters. The maximum absolute atomic E-state index is 8.96. The summed E-state index contributed by atoms with van der Waals surface area (Å²) in [6.07, 6.45) is 5.67. The van der Waals surface area contributed by atoms with E-state index in [0.717, 1.165) is 32.0 Å². The lowest BCUT2D eigenvalue weighted by atomic mass is 9.91. The highest BCUT2D eigenvalue weighted by Gasteiger charge is 2.25. The van der Waals surface area contributed by atoms with E-state index in [0.29, 0.717) is 13.2 Å². The van der Waals surface area contributed by atoms with Crippen LogP contribution in [-0.2, 0) is 9.47 Å². The number of ether oxygens (including phenoxy) is 2. The van der Waals surface area contributed by atoms with Crippen LogP contribution >= 0.6 is 0 Å². The molecule has 0 saturated heterocycles. The van der Waals surface area contributed by atoms with Crippen molar-refractivity contribution in [3.05, 3.63) is 0 Å². The molecule has 0 atom stereocenters. The molecule has 0 aromatic rings. The van der Waals surface area contributed by atoms with Crippen molar-refractivity contribution >= 4 is 0 Å². The maximum Gasteiger partial charge on any atom is 0.158 e. The molecule has 0 amide bonds. The van der Waals surface area contributed by atoms with E-state index in [9.17, 15) is 0 Å². The molecule has 0 aromatic heterocycles. The third kappa shape index (κ3) is 5.65. The average Bonchev–Trinajstić information content (AvgIpc) is 2.30. The first kappa shape index (κ1) is 15.9. The molecule has 1 aliphatic rings. The third-order valence-electron chi connectivity index (χ3n) is 3.55. The Morgan fingerprint density at radius 1 is 1.17 bits per heavy atom. The van der Waals surface area contributed by atoms with Gasteiger partial charge in [-0.2, -0.15) is 0 Å². The SMILES string of the molecule is CCOC(CCN(CCCO)C1CCC1)OCC.